The number of carboxylic acid groups (broad SMARTS) is 1. The van der Waals surface area contributed by atoms with Crippen LogP contribution in [0.1, 0.15) is 25.7 Å². The zero-order valence-electron chi connectivity index (χ0n) is 9.82. The largest absolute Gasteiger partial charge is 0.465 e. The Hall–Kier alpha value is -1.30. The lowest BCUT2D eigenvalue weighted by atomic mass is 9.98. The van der Waals surface area contributed by atoms with Crippen LogP contribution in [0.3, 0.4) is 0 Å². The van der Waals surface area contributed by atoms with Crippen molar-refractivity contribution in [3.8, 4) is 0 Å². The molecule has 0 radical (unpaired) electrons. The molecule has 2 heterocycles. The summed E-state index contributed by atoms with van der Waals surface area (Å²) >= 11 is 0. The van der Waals surface area contributed by atoms with E-state index in [1.807, 2.05) is 4.90 Å². The van der Waals surface area contributed by atoms with E-state index in [2.05, 4.69) is 10.6 Å². The second-order valence-corrected chi connectivity index (χ2v) is 4.66. The predicted octanol–water partition coefficient (Wildman–Crippen LogP) is -0.00300. The minimum absolute atomic E-state index is 0.0504. The van der Waals surface area contributed by atoms with Crippen LogP contribution in [0.2, 0.25) is 0 Å². The molecule has 2 fully saturated rings. The van der Waals surface area contributed by atoms with Crippen LogP contribution in [0, 0.1) is 0 Å². The third-order valence-electron chi connectivity index (χ3n) is 3.52. The first-order valence-corrected chi connectivity index (χ1v) is 6.19. The van der Waals surface area contributed by atoms with Gasteiger partial charge >= 0.3 is 6.09 Å². The Morgan fingerprint density at radius 3 is 2.71 bits per heavy atom. The molecule has 0 aromatic carbocycles. The Balaban J connectivity index is 1.97. The van der Waals surface area contributed by atoms with Crippen LogP contribution < -0.4 is 10.6 Å². The minimum atomic E-state index is -1.12. The number of amides is 2. The van der Waals surface area contributed by atoms with Gasteiger partial charge in [-0.3, -0.25) is 4.79 Å². The molecule has 1 atom stereocenters. The first-order valence-electron chi connectivity index (χ1n) is 6.19. The molecule has 1 unspecified atom stereocenters. The van der Waals surface area contributed by atoms with E-state index in [0.717, 1.165) is 38.9 Å². The molecule has 96 valence electrons. The summed E-state index contributed by atoms with van der Waals surface area (Å²) in [6, 6.07) is -0.265. The maximum Gasteiger partial charge on any atom is 0.405 e. The van der Waals surface area contributed by atoms with E-state index in [-0.39, 0.29) is 11.9 Å². The molecule has 6 nitrogen and oxygen atoms in total. The molecule has 0 spiro atoms. The first-order chi connectivity index (χ1) is 8.18. The highest BCUT2D eigenvalue weighted by molar-refractivity contribution is 5.86. The Morgan fingerprint density at radius 2 is 2.06 bits per heavy atom. The van der Waals surface area contributed by atoms with Crippen molar-refractivity contribution < 1.29 is 14.7 Å². The number of nitrogens with one attached hydrogen (secondary N) is 2. The maximum absolute atomic E-state index is 12.1. The molecule has 2 aliphatic heterocycles. The van der Waals surface area contributed by atoms with Gasteiger partial charge in [-0.1, -0.05) is 0 Å². The van der Waals surface area contributed by atoms with Crippen molar-refractivity contribution >= 4 is 12.0 Å². The number of rotatable bonds is 2. The topological polar surface area (TPSA) is 81.7 Å². The van der Waals surface area contributed by atoms with Crippen molar-refractivity contribution in [2.75, 3.05) is 19.6 Å². The van der Waals surface area contributed by atoms with Crippen LogP contribution in [-0.2, 0) is 4.79 Å². The fourth-order valence-electron chi connectivity index (χ4n) is 2.66. The van der Waals surface area contributed by atoms with E-state index in [9.17, 15) is 9.59 Å². The summed E-state index contributed by atoms with van der Waals surface area (Å²) in [5.41, 5.74) is 0. The normalized spacial score (nSPS) is 26.9. The van der Waals surface area contributed by atoms with Gasteiger partial charge in [0.25, 0.3) is 0 Å². The maximum atomic E-state index is 12.1. The number of hydrogen-bond donors (Lipinski definition) is 3. The van der Waals surface area contributed by atoms with Crippen molar-refractivity contribution in [1.29, 1.82) is 0 Å². The number of piperidine rings is 2. The van der Waals surface area contributed by atoms with Crippen molar-refractivity contribution in [2.45, 2.75) is 37.8 Å². The number of hydrogen-bond acceptors (Lipinski definition) is 3. The fourth-order valence-corrected chi connectivity index (χ4v) is 2.66. The summed E-state index contributed by atoms with van der Waals surface area (Å²) in [5, 5.41) is 14.3. The van der Waals surface area contributed by atoms with Crippen molar-refractivity contribution in [3.63, 3.8) is 0 Å². The Labute approximate surface area is 100 Å². The number of carbonyl (C=O) groups is 2. The quantitative estimate of drug-likeness (QED) is 0.635. The fraction of sp³-hybridized carbons (Fsp3) is 0.818. The minimum Gasteiger partial charge on any atom is -0.465 e. The molecule has 2 amide bonds. The monoisotopic (exact) mass is 241 g/mol. The van der Waals surface area contributed by atoms with E-state index < -0.39 is 12.1 Å². The molecule has 0 saturated carbocycles. The van der Waals surface area contributed by atoms with E-state index in [1.54, 1.807) is 0 Å². The lowest BCUT2D eigenvalue weighted by molar-refractivity contribution is -0.138. The highest BCUT2D eigenvalue weighted by Gasteiger charge is 2.34. The zero-order valence-corrected chi connectivity index (χ0v) is 9.82. The SMILES string of the molecule is O=C(O)NC1CCCN(C2CCNCC2)C1=O. The molecule has 2 aliphatic rings. The van der Waals surface area contributed by atoms with Crippen LogP contribution in [-0.4, -0.2) is 53.7 Å². The van der Waals surface area contributed by atoms with E-state index in [4.69, 9.17) is 5.11 Å². The summed E-state index contributed by atoms with van der Waals surface area (Å²) in [5.74, 6) is -0.0504. The molecule has 2 rings (SSSR count). The molecule has 6 heteroatoms. The zero-order chi connectivity index (χ0) is 12.3. The second-order valence-electron chi connectivity index (χ2n) is 4.66. The Bertz CT molecular complexity index is 302. The van der Waals surface area contributed by atoms with E-state index >= 15 is 0 Å². The first kappa shape index (κ1) is 12.2. The van der Waals surface area contributed by atoms with E-state index in [0.29, 0.717) is 6.42 Å². The van der Waals surface area contributed by atoms with Crippen LogP contribution in [0.25, 0.3) is 0 Å². The van der Waals surface area contributed by atoms with Gasteiger partial charge in [-0.15, -0.1) is 0 Å². The van der Waals surface area contributed by atoms with Gasteiger partial charge in [0, 0.05) is 12.6 Å². The van der Waals surface area contributed by atoms with Gasteiger partial charge in [0.1, 0.15) is 6.04 Å². The summed E-state index contributed by atoms with van der Waals surface area (Å²) in [4.78, 5) is 24.6. The molecular formula is C11H19N3O3. The van der Waals surface area contributed by atoms with Gasteiger partial charge in [0.2, 0.25) is 5.91 Å². The molecule has 0 aromatic rings. The Morgan fingerprint density at radius 1 is 1.35 bits per heavy atom. The predicted molar refractivity (Wildman–Crippen MR) is 61.8 cm³/mol. The molecule has 3 N–H and O–H groups in total. The van der Waals surface area contributed by atoms with Crippen LogP contribution in [0.5, 0.6) is 0 Å². The lowest BCUT2D eigenvalue weighted by Crippen LogP contribution is -2.56. The van der Waals surface area contributed by atoms with Crippen LogP contribution >= 0.6 is 0 Å². The van der Waals surface area contributed by atoms with Gasteiger partial charge in [0.05, 0.1) is 0 Å². The van der Waals surface area contributed by atoms with Gasteiger partial charge in [-0.25, -0.2) is 4.79 Å². The molecule has 2 saturated heterocycles. The molecule has 17 heavy (non-hydrogen) atoms. The number of likely N-dealkylation sites (tertiary alicyclic amines) is 1. The summed E-state index contributed by atoms with van der Waals surface area (Å²) in [6.07, 6.45) is 2.31. The third-order valence-corrected chi connectivity index (χ3v) is 3.52. The highest BCUT2D eigenvalue weighted by Crippen LogP contribution is 2.19. The van der Waals surface area contributed by atoms with Gasteiger partial charge in [-0.2, -0.15) is 0 Å². The summed E-state index contributed by atoms with van der Waals surface area (Å²) in [7, 11) is 0. The molecular weight excluding hydrogens is 222 g/mol. The summed E-state index contributed by atoms with van der Waals surface area (Å²) < 4.78 is 0. The van der Waals surface area contributed by atoms with E-state index in [1.165, 1.54) is 0 Å². The smallest absolute Gasteiger partial charge is 0.405 e. The molecule has 0 bridgehead atoms. The van der Waals surface area contributed by atoms with Crippen LogP contribution in [0.15, 0.2) is 0 Å². The van der Waals surface area contributed by atoms with Gasteiger partial charge in [-0.05, 0) is 38.8 Å². The van der Waals surface area contributed by atoms with Crippen molar-refractivity contribution in [1.82, 2.24) is 15.5 Å². The summed E-state index contributed by atoms with van der Waals surface area (Å²) in [6.45, 7) is 2.64. The van der Waals surface area contributed by atoms with Crippen molar-refractivity contribution in [3.05, 3.63) is 0 Å². The second kappa shape index (κ2) is 5.35. The average molecular weight is 241 g/mol. The number of nitrogens with zero attached hydrogens (tertiary/aromatic N) is 1. The van der Waals surface area contributed by atoms with Gasteiger partial charge < -0.3 is 20.6 Å². The number of carbonyl (C=O) groups excluding carboxylic acids is 1. The Kier molecular flexibility index (Phi) is 3.83. The average Bonchev–Trinajstić information content (AvgIpc) is 2.32. The lowest BCUT2D eigenvalue weighted by Gasteiger charge is -2.39. The third kappa shape index (κ3) is 2.88. The van der Waals surface area contributed by atoms with Crippen molar-refractivity contribution in [2.24, 2.45) is 0 Å². The molecule has 0 aromatic heterocycles. The van der Waals surface area contributed by atoms with Crippen LogP contribution in [0.4, 0.5) is 4.79 Å². The molecule has 0 aliphatic carbocycles. The highest BCUT2D eigenvalue weighted by atomic mass is 16.4. The standard InChI is InChI=1S/C11H19N3O3/c15-10-9(13-11(16)17)2-1-7-14(10)8-3-5-12-6-4-8/h8-9,12-13H,1-7H2,(H,16,17). The van der Waals surface area contributed by atoms with Gasteiger partial charge in [0.15, 0.2) is 0 Å².